The highest BCUT2D eigenvalue weighted by molar-refractivity contribution is 5.87. The van der Waals surface area contributed by atoms with Crippen LogP contribution in [0.15, 0.2) is 36.4 Å². The van der Waals surface area contributed by atoms with E-state index in [0.29, 0.717) is 13.2 Å². The lowest BCUT2D eigenvalue weighted by Gasteiger charge is -2.07. The monoisotopic (exact) mass is 262 g/mol. The Morgan fingerprint density at radius 3 is 2.63 bits per heavy atom. The molecule has 0 spiro atoms. The Morgan fingerprint density at radius 1 is 1.32 bits per heavy atom. The predicted molar refractivity (Wildman–Crippen MR) is 77.4 cm³/mol. The molecule has 0 fully saturated rings. The third kappa shape index (κ3) is 6.62. The molecule has 0 aliphatic rings. The number of likely N-dealkylation sites (N-methyl/N-ethyl adjacent to an activating group) is 1. The molecule has 1 aromatic rings. The summed E-state index contributed by atoms with van der Waals surface area (Å²) in [6.07, 6.45) is 3.38. The Morgan fingerprint density at radius 2 is 2.00 bits per heavy atom. The molecule has 0 bridgehead atoms. The van der Waals surface area contributed by atoms with Crippen molar-refractivity contribution in [2.45, 2.75) is 6.92 Å². The molecule has 0 saturated heterocycles. The zero-order valence-corrected chi connectivity index (χ0v) is 11.8. The van der Waals surface area contributed by atoms with Crippen LogP contribution in [0.5, 0.6) is 5.75 Å². The van der Waals surface area contributed by atoms with Crippen molar-refractivity contribution in [1.29, 1.82) is 0 Å². The van der Waals surface area contributed by atoms with Gasteiger partial charge in [-0.05, 0) is 19.1 Å². The molecule has 0 aliphatic carbocycles. The molecule has 0 aliphatic heterocycles. The van der Waals surface area contributed by atoms with Gasteiger partial charge in [-0.3, -0.25) is 4.79 Å². The second kappa shape index (κ2) is 8.32. The van der Waals surface area contributed by atoms with Crippen LogP contribution < -0.4 is 10.1 Å². The molecule has 0 heterocycles. The Bertz CT molecular complexity index is 411. The maximum Gasteiger partial charge on any atom is 0.245 e. The number of carbonyl (C=O) groups is 1. The van der Waals surface area contributed by atoms with Crippen molar-refractivity contribution < 1.29 is 9.53 Å². The fraction of sp³-hybridized carbons (Fsp3) is 0.400. The van der Waals surface area contributed by atoms with E-state index in [1.54, 1.807) is 20.2 Å². The first-order chi connectivity index (χ1) is 9.09. The van der Waals surface area contributed by atoms with Gasteiger partial charge in [-0.2, -0.15) is 0 Å². The highest BCUT2D eigenvalue weighted by Gasteiger charge is 1.95. The molecule has 4 heteroatoms. The molecule has 0 saturated carbocycles. The van der Waals surface area contributed by atoms with E-state index in [4.69, 9.17) is 4.74 Å². The van der Waals surface area contributed by atoms with E-state index < -0.39 is 0 Å². The molecule has 0 atom stereocenters. The summed E-state index contributed by atoms with van der Waals surface area (Å²) < 4.78 is 5.57. The van der Waals surface area contributed by atoms with Crippen LogP contribution in [0.25, 0.3) is 0 Å². The lowest BCUT2D eigenvalue weighted by Crippen LogP contribution is -2.22. The molecule has 1 amide bonds. The quantitative estimate of drug-likeness (QED) is 0.599. The van der Waals surface area contributed by atoms with Crippen molar-refractivity contribution in [3.63, 3.8) is 0 Å². The summed E-state index contributed by atoms with van der Waals surface area (Å²) in [5.41, 5.74) is 1.22. The largest absolute Gasteiger partial charge is 0.492 e. The summed E-state index contributed by atoms with van der Waals surface area (Å²) in [4.78, 5) is 12.8. The van der Waals surface area contributed by atoms with Crippen molar-refractivity contribution in [1.82, 2.24) is 10.2 Å². The minimum atomic E-state index is -0.00212. The molecule has 1 rings (SSSR count). The first kappa shape index (κ1) is 15.2. The number of rotatable bonds is 7. The van der Waals surface area contributed by atoms with Gasteiger partial charge < -0.3 is 15.0 Å². The van der Waals surface area contributed by atoms with Crippen molar-refractivity contribution >= 4 is 5.91 Å². The number of carbonyl (C=O) groups excluding carboxylic acids is 1. The number of nitrogens with zero attached hydrogens (tertiary/aromatic N) is 1. The second-order valence-corrected chi connectivity index (χ2v) is 4.50. The van der Waals surface area contributed by atoms with Crippen LogP contribution in [0.4, 0.5) is 0 Å². The normalized spacial score (nSPS) is 10.7. The van der Waals surface area contributed by atoms with E-state index >= 15 is 0 Å². The Labute approximate surface area is 115 Å². The minimum Gasteiger partial charge on any atom is -0.492 e. The van der Waals surface area contributed by atoms with Crippen molar-refractivity contribution in [2.24, 2.45) is 0 Å². The summed E-state index contributed by atoms with van der Waals surface area (Å²) in [5.74, 6) is 0.878. The average molecular weight is 262 g/mol. The van der Waals surface area contributed by atoms with Gasteiger partial charge in [0.15, 0.2) is 0 Å². The number of benzene rings is 1. The molecule has 0 unspecified atom stereocenters. The summed E-state index contributed by atoms with van der Waals surface area (Å²) >= 11 is 0. The molecule has 1 aromatic carbocycles. The van der Waals surface area contributed by atoms with Crippen LogP contribution in [0.2, 0.25) is 0 Å². The van der Waals surface area contributed by atoms with Crippen LogP contribution in [-0.2, 0) is 4.79 Å². The number of hydrogen-bond acceptors (Lipinski definition) is 3. The van der Waals surface area contributed by atoms with Gasteiger partial charge in [-0.25, -0.2) is 0 Å². The minimum absolute atomic E-state index is 0.00212. The molecule has 104 valence electrons. The fourth-order valence-corrected chi connectivity index (χ4v) is 1.37. The smallest absolute Gasteiger partial charge is 0.245 e. The molecular formula is C15H22N2O2. The number of amides is 1. The average Bonchev–Trinajstić information content (AvgIpc) is 2.39. The highest BCUT2D eigenvalue weighted by Crippen LogP contribution is 2.10. The first-order valence-corrected chi connectivity index (χ1v) is 6.37. The van der Waals surface area contributed by atoms with Crippen molar-refractivity contribution in [2.75, 3.05) is 33.8 Å². The number of aryl methyl sites for hydroxylation is 1. The predicted octanol–water partition coefficient (Wildman–Crippen LogP) is 1.61. The molecule has 4 nitrogen and oxygen atoms in total. The first-order valence-electron chi connectivity index (χ1n) is 6.37. The van der Waals surface area contributed by atoms with Crippen LogP contribution in [-0.4, -0.2) is 44.6 Å². The van der Waals surface area contributed by atoms with E-state index in [-0.39, 0.29) is 5.91 Å². The lowest BCUT2D eigenvalue weighted by atomic mass is 10.2. The standard InChI is InChI=1S/C15H22N2O2/c1-13-6-8-14(9-7-13)19-12-11-16-10-4-5-15(18)17(2)3/h4-9,16H,10-12H2,1-3H3/b5-4+. The summed E-state index contributed by atoms with van der Waals surface area (Å²) in [5, 5.41) is 3.18. The molecule has 0 radical (unpaired) electrons. The molecule has 19 heavy (non-hydrogen) atoms. The summed E-state index contributed by atoms with van der Waals surface area (Å²) in [6.45, 7) is 4.07. The van der Waals surface area contributed by atoms with E-state index in [2.05, 4.69) is 5.32 Å². The van der Waals surface area contributed by atoms with Gasteiger partial charge in [-0.1, -0.05) is 23.8 Å². The molecular weight excluding hydrogens is 240 g/mol. The van der Waals surface area contributed by atoms with Crippen molar-refractivity contribution in [3.8, 4) is 5.75 Å². The summed E-state index contributed by atoms with van der Waals surface area (Å²) in [7, 11) is 3.46. The highest BCUT2D eigenvalue weighted by atomic mass is 16.5. The van der Waals surface area contributed by atoms with Crippen LogP contribution in [0, 0.1) is 6.92 Å². The lowest BCUT2D eigenvalue weighted by molar-refractivity contribution is -0.123. The van der Waals surface area contributed by atoms with Crippen LogP contribution >= 0.6 is 0 Å². The van der Waals surface area contributed by atoms with E-state index in [1.807, 2.05) is 37.3 Å². The zero-order valence-electron chi connectivity index (χ0n) is 11.8. The fourth-order valence-electron chi connectivity index (χ4n) is 1.37. The van der Waals surface area contributed by atoms with E-state index in [9.17, 15) is 4.79 Å². The maximum absolute atomic E-state index is 11.2. The second-order valence-electron chi connectivity index (χ2n) is 4.50. The number of nitrogens with one attached hydrogen (secondary N) is 1. The van der Waals surface area contributed by atoms with Gasteiger partial charge in [0, 0.05) is 33.3 Å². The van der Waals surface area contributed by atoms with Gasteiger partial charge in [0.25, 0.3) is 0 Å². The third-order valence-corrected chi connectivity index (χ3v) is 2.53. The van der Waals surface area contributed by atoms with Gasteiger partial charge >= 0.3 is 0 Å². The Hall–Kier alpha value is -1.81. The van der Waals surface area contributed by atoms with E-state index in [0.717, 1.165) is 12.3 Å². The third-order valence-electron chi connectivity index (χ3n) is 2.53. The SMILES string of the molecule is Cc1ccc(OCCNC/C=C/C(=O)N(C)C)cc1. The maximum atomic E-state index is 11.2. The topological polar surface area (TPSA) is 41.6 Å². The van der Waals surface area contributed by atoms with Crippen LogP contribution in [0.1, 0.15) is 5.56 Å². The summed E-state index contributed by atoms with van der Waals surface area (Å²) in [6, 6.07) is 7.98. The van der Waals surface area contributed by atoms with Gasteiger partial charge in [0.05, 0.1) is 0 Å². The van der Waals surface area contributed by atoms with Gasteiger partial charge in [-0.15, -0.1) is 0 Å². The number of ether oxygens (including phenoxy) is 1. The zero-order chi connectivity index (χ0) is 14.1. The van der Waals surface area contributed by atoms with Gasteiger partial charge in [0.2, 0.25) is 5.91 Å². The molecule has 1 N–H and O–H groups in total. The van der Waals surface area contributed by atoms with Crippen LogP contribution in [0.3, 0.4) is 0 Å². The molecule has 0 aromatic heterocycles. The van der Waals surface area contributed by atoms with Crippen molar-refractivity contribution in [3.05, 3.63) is 42.0 Å². The van der Waals surface area contributed by atoms with E-state index in [1.165, 1.54) is 10.5 Å². The van der Waals surface area contributed by atoms with Gasteiger partial charge in [0.1, 0.15) is 12.4 Å². The Balaban J connectivity index is 2.08. The Kier molecular flexibility index (Phi) is 6.68. The number of hydrogen-bond donors (Lipinski definition) is 1.